The van der Waals surface area contributed by atoms with Gasteiger partial charge < -0.3 is 15.4 Å². The average molecular weight is 390 g/mol. The Bertz CT molecular complexity index is 669. The molecule has 2 atom stereocenters. The van der Waals surface area contributed by atoms with Crippen LogP contribution in [0.1, 0.15) is 92.0 Å². The van der Waals surface area contributed by atoms with Gasteiger partial charge in [0.2, 0.25) is 0 Å². The van der Waals surface area contributed by atoms with Crippen molar-refractivity contribution in [2.45, 2.75) is 97.2 Å². The molecular weight excluding hydrogens is 350 g/mol. The minimum atomic E-state index is -0.474. The second-order valence-corrected chi connectivity index (χ2v) is 10.9. The summed E-state index contributed by atoms with van der Waals surface area (Å²) in [5.74, 6) is 0.433. The van der Waals surface area contributed by atoms with E-state index in [-0.39, 0.29) is 23.1 Å². The van der Waals surface area contributed by atoms with E-state index in [2.05, 4.69) is 51.7 Å². The first-order chi connectivity index (χ1) is 12.7. The zero-order valence-electron chi connectivity index (χ0n) is 19.0. The molecule has 1 saturated heterocycles. The number of carbonyl (C=O) groups excluding carboxylic acids is 1. The average Bonchev–Trinajstić information content (AvgIpc) is 2.85. The zero-order chi connectivity index (χ0) is 21.3. The van der Waals surface area contributed by atoms with Crippen LogP contribution in [-0.2, 0) is 10.2 Å². The normalized spacial score (nSPS) is 20.9. The molecule has 2 rings (SSSR count). The summed E-state index contributed by atoms with van der Waals surface area (Å²) in [5, 5.41) is 0. The van der Waals surface area contributed by atoms with Gasteiger partial charge in [-0.2, -0.15) is 0 Å². The van der Waals surface area contributed by atoms with Crippen LogP contribution in [0.4, 0.5) is 4.79 Å². The lowest BCUT2D eigenvalue weighted by Gasteiger charge is -2.33. The summed E-state index contributed by atoms with van der Waals surface area (Å²) in [6.45, 7) is 17.2. The first kappa shape index (κ1) is 22.7. The van der Waals surface area contributed by atoms with Crippen molar-refractivity contribution in [1.82, 2.24) is 9.88 Å². The molecule has 1 aliphatic rings. The number of likely N-dealkylation sites (tertiary alicyclic amines) is 1. The van der Waals surface area contributed by atoms with Crippen molar-refractivity contribution < 1.29 is 9.53 Å². The van der Waals surface area contributed by atoms with Gasteiger partial charge in [0.15, 0.2) is 0 Å². The van der Waals surface area contributed by atoms with Crippen molar-refractivity contribution in [3.8, 4) is 0 Å². The Hall–Kier alpha value is -1.62. The summed E-state index contributed by atoms with van der Waals surface area (Å²) in [5.41, 5.74) is 7.99. The van der Waals surface area contributed by atoms with Crippen LogP contribution in [0.15, 0.2) is 18.3 Å². The highest BCUT2D eigenvalue weighted by Gasteiger charge is 2.42. The fourth-order valence-corrected chi connectivity index (χ4v) is 3.85. The third kappa shape index (κ3) is 5.94. The number of pyridine rings is 1. The number of aromatic nitrogens is 1. The van der Waals surface area contributed by atoms with E-state index in [0.29, 0.717) is 5.92 Å². The predicted molar refractivity (Wildman–Crippen MR) is 114 cm³/mol. The topological polar surface area (TPSA) is 68.5 Å². The van der Waals surface area contributed by atoms with E-state index in [4.69, 9.17) is 10.5 Å². The monoisotopic (exact) mass is 389 g/mol. The Labute approximate surface area is 171 Å². The molecule has 158 valence electrons. The van der Waals surface area contributed by atoms with Gasteiger partial charge >= 0.3 is 6.09 Å². The lowest BCUT2D eigenvalue weighted by atomic mass is 9.88. The molecule has 28 heavy (non-hydrogen) atoms. The van der Waals surface area contributed by atoms with Crippen molar-refractivity contribution in [3.05, 3.63) is 29.6 Å². The van der Waals surface area contributed by atoms with Crippen LogP contribution < -0.4 is 5.73 Å². The highest BCUT2D eigenvalue weighted by Crippen LogP contribution is 2.37. The van der Waals surface area contributed by atoms with Crippen LogP contribution in [-0.4, -0.2) is 33.7 Å². The number of nitrogens with two attached hydrogens (primary N) is 1. The first-order valence-corrected chi connectivity index (χ1v) is 10.4. The Morgan fingerprint density at radius 2 is 1.93 bits per heavy atom. The number of hydrogen-bond donors (Lipinski definition) is 1. The fraction of sp³-hybridized carbons (Fsp3) is 0.739. The molecule has 1 aliphatic heterocycles. The molecule has 0 bridgehead atoms. The molecule has 5 nitrogen and oxygen atoms in total. The Kier molecular flexibility index (Phi) is 6.49. The minimum absolute atomic E-state index is 0.0762. The quantitative estimate of drug-likeness (QED) is 0.769. The molecule has 5 heteroatoms. The molecule has 0 aliphatic carbocycles. The highest BCUT2D eigenvalue weighted by atomic mass is 16.6. The van der Waals surface area contributed by atoms with E-state index < -0.39 is 5.60 Å². The molecule has 1 amide bonds. The molecule has 1 aromatic rings. The van der Waals surface area contributed by atoms with E-state index in [0.717, 1.165) is 31.5 Å². The second kappa shape index (κ2) is 8.02. The van der Waals surface area contributed by atoms with E-state index in [1.54, 1.807) is 0 Å². The smallest absolute Gasteiger partial charge is 0.410 e. The molecule has 0 spiro atoms. The Morgan fingerprint density at radius 1 is 1.29 bits per heavy atom. The summed E-state index contributed by atoms with van der Waals surface area (Å²) in [7, 11) is 0. The van der Waals surface area contributed by atoms with Crippen molar-refractivity contribution >= 4 is 6.09 Å². The molecule has 1 unspecified atom stereocenters. The van der Waals surface area contributed by atoms with Crippen LogP contribution in [0.5, 0.6) is 0 Å². The van der Waals surface area contributed by atoms with Crippen LogP contribution in [0, 0.1) is 5.92 Å². The molecule has 0 saturated carbocycles. The summed E-state index contributed by atoms with van der Waals surface area (Å²) >= 11 is 0. The predicted octanol–water partition coefficient (Wildman–Crippen LogP) is 5.19. The van der Waals surface area contributed by atoms with Gasteiger partial charge in [-0.3, -0.25) is 4.98 Å². The van der Waals surface area contributed by atoms with E-state index in [1.807, 2.05) is 31.9 Å². The number of ether oxygens (including phenoxy) is 1. The van der Waals surface area contributed by atoms with Crippen LogP contribution in [0.25, 0.3) is 0 Å². The third-order valence-electron chi connectivity index (χ3n) is 5.49. The fourth-order valence-electron chi connectivity index (χ4n) is 3.85. The molecule has 1 aromatic heterocycles. The van der Waals surface area contributed by atoms with Crippen molar-refractivity contribution in [2.75, 3.05) is 6.54 Å². The molecule has 2 N–H and O–H groups in total. The molecule has 0 aromatic carbocycles. The molecular formula is C23H39N3O2. The van der Waals surface area contributed by atoms with Gasteiger partial charge in [0.1, 0.15) is 5.60 Å². The SMILES string of the molecule is CC(C)(C)OC(=O)N1C[C@@H](CCC(N)c2ccc(C(C)(C)C)cn2)CC1(C)C. The second-order valence-electron chi connectivity index (χ2n) is 10.9. The summed E-state index contributed by atoms with van der Waals surface area (Å²) < 4.78 is 5.59. The maximum atomic E-state index is 12.6. The lowest BCUT2D eigenvalue weighted by molar-refractivity contribution is 0.0131. The van der Waals surface area contributed by atoms with Gasteiger partial charge in [-0.25, -0.2) is 4.79 Å². The van der Waals surface area contributed by atoms with E-state index >= 15 is 0 Å². The van der Waals surface area contributed by atoms with E-state index in [9.17, 15) is 4.79 Å². The minimum Gasteiger partial charge on any atom is -0.444 e. The van der Waals surface area contributed by atoms with Crippen molar-refractivity contribution in [1.29, 1.82) is 0 Å². The van der Waals surface area contributed by atoms with Crippen molar-refractivity contribution in [2.24, 2.45) is 11.7 Å². The van der Waals surface area contributed by atoms with Gasteiger partial charge in [0, 0.05) is 24.3 Å². The molecule has 0 radical (unpaired) electrons. The number of nitrogens with zero attached hydrogens (tertiary/aromatic N) is 2. The number of hydrogen-bond acceptors (Lipinski definition) is 4. The Morgan fingerprint density at radius 3 is 2.43 bits per heavy atom. The van der Waals surface area contributed by atoms with Gasteiger partial charge in [0.25, 0.3) is 0 Å². The number of rotatable bonds is 4. The van der Waals surface area contributed by atoms with E-state index in [1.165, 1.54) is 5.56 Å². The summed E-state index contributed by atoms with van der Waals surface area (Å²) in [6.07, 6.45) is 4.54. The largest absolute Gasteiger partial charge is 0.444 e. The van der Waals surface area contributed by atoms with Crippen LogP contribution >= 0.6 is 0 Å². The van der Waals surface area contributed by atoms with Crippen LogP contribution in [0.2, 0.25) is 0 Å². The first-order valence-electron chi connectivity index (χ1n) is 10.4. The van der Waals surface area contributed by atoms with Crippen molar-refractivity contribution in [3.63, 3.8) is 0 Å². The van der Waals surface area contributed by atoms with Gasteiger partial charge in [-0.15, -0.1) is 0 Å². The molecule has 2 heterocycles. The number of amides is 1. The van der Waals surface area contributed by atoms with Crippen LogP contribution in [0.3, 0.4) is 0 Å². The standard InChI is InChI=1S/C23H39N3O2/c1-21(2,3)17-10-12-19(25-14-17)18(24)11-9-16-13-23(7,8)26(15-16)20(27)28-22(4,5)6/h10,12,14,16,18H,9,11,13,15,24H2,1-8H3/t16-,18?/m0/s1. The maximum Gasteiger partial charge on any atom is 0.410 e. The maximum absolute atomic E-state index is 12.6. The highest BCUT2D eigenvalue weighted by molar-refractivity contribution is 5.69. The van der Waals surface area contributed by atoms with Gasteiger partial charge in [0.05, 0.1) is 5.69 Å². The summed E-state index contributed by atoms with van der Waals surface area (Å²) in [6, 6.07) is 4.11. The van der Waals surface area contributed by atoms with Gasteiger partial charge in [-0.05, 0) is 76.8 Å². The summed E-state index contributed by atoms with van der Waals surface area (Å²) in [4.78, 5) is 19.0. The third-order valence-corrected chi connectivity index (χ3v) is 5.49. The van der Waals surface area contributed by atoms with Gasteiger partial charge in [-0.1, -0.05) is 26.8 Å². The molecule has 1 fully saturated rings. The number of carbonyl (C=O) groups is 1. The Balaban J connectivity index is 1.93. The zero-order valence-corrected chi connectivity index (χ0v) is 19.0. The lowest BCUT2D eigenvalue weighted by Crippen LogP contribution is -2.45.